The number of nitrogens with two attached hydrogens (primary N) is 1. The summed E-state index contributed by atoms with van der Waals surface area (Å²) in [6.07, 6.45) is 4.89. The van der Waals surface area contributed by atoms with Crippen LogP contribution < -0.4 is 5.73 Å². The Hall–Kier alpha value is -1.02. The molecule has 6 nitrogen and oxygen atoms in total. The summed E-state index contributed by atoms with van der Waals surface area (Å²) < 4.78 is 26.3. The molecule has 0 amide bonds. The summed E-state index contributed by atoms with van der Waals surface area (Å²) in [6.45, 7) is 4.42. The van der Waals surface area contributed by atoms with Crippen LogP contribution in [0.4, 0.5) is 0 Å². The lowest BCUT2D eigenvalue weighted by Gasteiger charge is -2.33. The molecule has 0 spiro atoms. The number of pyridine rings is 1. The molecule has 21 heavy (non-hydrogen) atoms. The second-order valence-electron chi connectivity index (χ2n) is 5.30. The van der Waals surface area contributed by atoms with Crippen LogP contribution in [-0.4, -0.2) is 67.6 Å². The number of nitrogens with zero attached hydrogens (tertiary/aromatic N) is 3. The molecule has 0 saturated carbocycles. The average molecular weight is 312 g/mol. The van der Waals surface area contributed by atoms with Gasteiger partial charge in [0.05, 0.1) is 5.75 Å². The van der Waals surface area contributed by atoms with E-state index in [9.17, 15) is 8.42 Å². The Morgan fingerprint density at radius 3 is 2.43 bits per heavy atom. The molecule has 2 N–H and O–H groups in total. The van der Waals surface area contributed by atoms with Gasteiger partial charge in [-0.2, -0.15) is 4.31 Å². The third-order valence-electron chi connectivity index (χ3n) is 3.80. The molecule has 1 fully saturated rings. The normalized spacial score (nSPS) is 18.0. The molecule has 1 saturated heterocycles. The molecule has 0 aliphatic carbocycles. The topological polar surface area (TPSA) is 79.5 Å². The van der Waals surface area contributed by atoms with Crippen molar-refractivity contribution in [1.82, 2.24) is 14.2 Å². The lowest BCUT2D eigenvalue weighted by atomic mass is 10.2. The maximum Gasteiger partial charge on any atom is 0.214 e. The van der Waals surface area contributed by atoms with Crippen molar-refractivity contribution in [3.05, 3.63) is 30.1 Å². The molecular weight excluding hydrogens is 288 g/mol. The third kappa shape index (κ3) is 5.03. The maximum absolute atomic E-state index is 12.4. The van der Waals surface area contributed by atoms with E-state index >= 15 is 0 Å². The highest BCUT2D eigenvalue weighted by Gasteiger charge is 2.26. The molecule has 0 aromatic carbocycles. The molecule has 2 heterocycles. The highest BCUT2D eigenvalue weighted by Crippen LogP contribution is 2.10. The van der Waals surface area contributed by atoms with Crippen molar-refractivity contribution in [3.8, 4) is 0 Å². The van der Waals surface area contributed by atoms with E-state index in [1.54, 1.807) is 16.7 Å². The largest absolute Gasteiger partial charge is 0.330 e. The quantitative estimate of drug-likeness (QED) is 0.762. The zero-order valence-electron chi connectivity index (χ0n) is 12.3. The molecular formula is C14H24N4O2S. The molecule has 2 rings (SSSR count). The highest BCUT2D eigenvalue weighted by molar-refractivity contribution is 7.89. The lowest BCUT2D eigenvalue weighted by Crippen LogP contribution is -2.49. The summed E-state index contributed by atoms with van der Waals surface area (Å²) in [5, 5.41) is 0. The number of rotatable bonds is 7. The van der Waals surface area contributed by atoms with Crippen molar-refractivity contribution in [2.75, 3.05) is 45.0 Å². The summed E-state index contributed by atoms with van der Waals surface area (Å²) in [4.78, 5) is 6.22. The van der Waals surface area contributed by atoms with E-state index in [0.717, 1.165) is 31.6 Å². The predicted octanol–water partition coefficient (Wildman–Crippen LogP) is -0.0797. The summed E-state index contributed by atoms with van der Waals surface area (Å²) in [6, 6.07) is 3.72. The SMILES string of the molecule is NCCCN1CCN(S(=O)(=O)CCc2ccncc2)CC1. The zero-order chi connectivity index (χ0) is 15.1. The van der Waals surface area contributed by atoms with Crippen molar-refractivity contribution < 1.29 is 8.42 Å². The van der Waals surface area contributed by atoms with Crippen LogP contribution in [-0.2, 0) is 16.4 Å². The number of aryl methyl sites for hydroxylation is 1. The van der Waals surface area contributed by atoms with Crippen LogP contribution in [0.5, 0.6) is 0 Å². The van der Waals surface area contributed by atoms with E-state index in [0.29, 0.717) is 26.1 Å². The average Bonchev–Trinajstić information content (AvgIpc) is 2.52. The summed E-state index contributed by atoms with van der Waals surface area (Å²) >= 11 is 0. The Balaban J connectivity index is 1.81. The van der Waals surface area contributed by atoms with Gasteiger partial charge in [-0.3, -0.25) is 4.98 Å². The number of aromatic nitrogens is 1. The van der Waals surface area contributed by atoms with Crippen LogP contribution in [0.3, 0.4) is 0 Å². The maximum atomic E-state index is 12.4. The molecule has 1 aliphatic rings. The summed E-state index contributed by atoms with van der Waals surface area (Å²) in [7, 11) is -3.16. The van der Waals surface area contributed by atoms with Gasteiger partial charge in [0.25, 0.3) is 0 Å². The first-order valence-electron chi connectivity index (χ1n) is 7.41. The zero-order valence-corrected chi connectivity index (χ0v) is 13.1. The molecule has 7 heteroatoms. The minimum atomic E-state index is -3.16. The molecule has 0 radical (unpaired) electrons. The van der Waals surface area contributed by atoms with Crippen molar-refractivity contribution >= 4 is 10.0 Å². The molecule has 118 valence electrons. The van der Waals surface area contributed by atoms with Gasteiger partial charge in [-0.25, -0.2) is 8.42 Å². The van der Waals surface area contributed by atoms with Gasteiger partial charge in [0.1, 0.15) is 0 Å². The smallest absolute Gasteiger partial charge is 0.214 e. The van der Waals surface area contributed by atoms with Crippen LogP contribution in [0.25, 0.3) is 0 Å². The number of sulfonamides is 1. The van der Waals surface area contributed by atoms with Crippen LogP contribution in [0.2, 0.25) is 0 Å². The fourth-order valence-electron chi connectivity index (χ4n) is 2.47. The van der Waals surface area contributed by atoms with Gasteiger partial charge < -0.3 is 10.6 Å². The lowest BCUT2D eigenvalue weighted by molar-refractivity contribution is 0.187. The van der Waals surface area contributed by atoms with E-state index in [2.05, 4.69) is 9.88 Å². The van der Waals surface area contributed by atoms with E-state index in [1.807, 2.05) is 12.1 Å². The second kappa shape index (κ2) is 7.84. The Labute approximate surface area is 127 Å². The van der Waals surface area contributed by atoms with Gasteiger partial charge in [-0.1, -0.05) is 0 Å². The van der Waals surface area contributed by atoms with Crippen molar-refractivity contribution in [1.29, 1.82) is 0 Å². The Morgan fingerprint density at radius 2 is 1.81 bits per heavy atom. The standard InChI is InChI=1S/C14H24N4O2S/c15-5-1-8-17-9-11-18(12-10-17)21(19,20)13-4-14-2-6-16-7-3-14/h2-3,6-7H,1,4-5,8-13,15H2. The van der Waals surface area contributed by atoms with E-state index < -0.39 is 10.0 Å². The van der Waals surface area contributed by atoms with Gasteiger partial charge >= 0.3 is 0 Å². The first kappa shape index (κ1) is 16.4. The first-order valence-corrected chi connectivity index (χ1v) is 9.02. The minimum absolute atomic E-state index is 0.166. The van der Waals surface area contributed by atoms with Crippen LogP contribution >= 0.6 is 0 Å². The third-order valence-corrected chi connectivity index (χ3v) is 5.67. The summed E-state index contributed by atoms with van der Waals surface area (Å²) in [5.41, 5.74) is 6.51. The van der Waals surface area contributed by atoms with Gasteiger partial charge in [0.2, 0.25) is 10.0 Å². The van der Waals surface area contributed by atoms with Crippen LogP contribution in [0.1, 0.15) is 12.0 Å². The molecule has 0 bridgehead atoms. The van der Waals surface area contributed by atoms with Crippen LogP contribution in [0.15, 0.2) is 24.5 Å². The fraction of sp³-hybridized carbons (Fsp3) is 0.643. The van der Waals surface area contributed by atoms with E-state index in [-0.39, 0.29) is 5.75 Å². The number of piperazine rings is 1. The van der Waals surface area contributed by atoms with E-state index in [1.165, 1.54) is 0 Å². The molecule has 0 atom stereocenters. The number of hydrogen-bond acceptors (Lipinski definition) is 5. The van der Waals surface area contributed by atoms with Crippen LogP contribution in [0, 0.1) is 0 Å². The van der Waals surface area contributed by atoms with Gasteiger partial charge in [0.15, 0.2) is 0 Å². The fourth-order valence-corrected chi connectivity index (χ4v) is 3.94. The predicted molar refractivity (Wildman–Crippen MR) is 83.4 cm³/mol. The van der Waals surface area contributed by atoms with Gasteiger partial charge in [-0.05, 0) is 43.6 Å². The Bertz CT molecular complexity index is 513. The van der Waals surface area contributed by atoms with Crippen molar-refractivity contribution in [2.45, 2.75) is 12.8 Å². The van der Waals surface area contributed by atoms with Gasteiger partial charge in [-0.15, -0.1) is 0 Å². The van der Waals surface area contributed by atoms with Crippen molar-refractivity contribution in [2.24, 2.45) is 5.73 Å². The summed E-state index contributed by atoms with van der Waals surface area (Å²) in [5.74, 6) is 0.166. The molecule has 1 aromatic heterocycles. The first-order chi connectivity index (χ1) is 10.1. The van der Waals surface area contributed by atoms with E-state index in [4.69, 9.17) is 5.73 Å². The highest BCUT2D eigenvalue weighted by atomic mass is 32.2. The van der Waals surface area contributed by atoms with Crippen molar-refractivity contribution in [3.63, 3.8) is 0 Å². The van der Waals surface area contributed by atoms with Gasteiger partial charge in [0, 0.05) is 38.6 Å². The second-order valence-corrected chi connectivity index (χ2v) is 7.39. The number of hydrogen-bond donors (Lipinski definition) is 1. The molecule has 1 aromatic rings. The Morgan fingerprint density at radius 1 is 1.14 bits per heavy atom. The molecule has 1 aliphatic heterocycles. The molecule has 0 unspecified atom stereocenters. The monoisotopic (exact) mass is 312 g/mol. The Kier molecular flexibility index (Phi) is 6.10. The minimum Gasteiger partial charge on any atom is -0.330 e.